The predicted molar refractivity (Wildman–Crippen MR) is 103 cm³/mol. The molecular formula is C22H19F2N3O. The quantitative estimate of drug-likeness (QED) is 0.737. The summed E-state index contributed by atoms with van der Waals surface area (Å²) in [4.78, 5) is 21.9. The lowest BCUT2D eigenvalue weighted by Crippen LogP contribution is -2.19. The van der Waals surface area contributed by atoms with Crippen molar-refractivity contribution in [2.45, 2.75) is 32.6 Å². The monoisotopic (exact) mass is 379 g/mol. The summed E-state index contributed by atoms with van der Waals surface area (Å²) in [6.45, 7) is 1.95. The van der Waals surface area contributed by atoms with Crippen LogP contribution in [0.5, 0.6) is 0 Å². The highest BCUT2D eigenvalue weighted by atomic mass is 19.2. The minimum Gasteiger partial charge on any atom is -0.309 e. The van der Waals surface area contributed by atoms with Crippen molar-refractivity contribution >= 4 is 11.7 Å². The zero-order chi connectivity index (χ0) is 19.7. The van der Waals surface area contributed by atoms with Gasteiger partial charge in [-0.25, -0.2) is 18.7 Å². The number of nitrogens with one attached hydrogen (secondary N) is 1. The summed E-state index contributed by atoms with van der Waals surface area (Å²) < 4.78 is 26.4. The first kappa shape index (κ1) is 18.2. The third-order valence-electron chi connectivity index (χ3n) is 4.89. The number of aromatic nitrogens is 2. The molecule has 1 aliphatic rings. The number of hydrogen-bond acceptors (Lipinski definition) is 3. The Morgan fingerprint density at radius 2 is 1.89 bits per heavy atom. The van der Waals surface area contributed by atoms with Gasteiger partial charge in [0.2, 0.25) is 5.91 Å². The van der Waals surface area contributed by atoms with Crippen LogP contribution in [0.25, 0.3) is 11.3 Å². The smallest absolute Gasteiger partial charge is 0.229 e. The molecule has 142 valence electrons. The van der Waals surface area contributed by atoms with E-state index in [1.165, 1.54) is 11.6 Å². The lowest BCUT2D eigenvalue weighted by atomic mass is 9.92. The lowest BCUT2D eigenvalue weighted by Gasteiger charge is -2.20. The van der Waals surface area contributed by atoms with E-state index in [2.05, 4.69) is 16.4 Å². The molecule has 0 saturated heterocycles. The van der Waals surface area contributed by atoms with Crippen molar-refractivity contribution in [2.75, 3.05) is 5.32 Å². The van der Waals surface area contributed by atoms with Gasteiger partial charge in [0, 0.05) is 5.56 Å². The normalized spacial score (nSPS) is 12.2. The molecule has 3 aromatic rings. The second kappa shape index (κ2) is 7.46. The van der Waals surface area contributed by atoms with E-state index < -0.39 is 11.6 Å². The number of carbonyl (C=O) groups is 1. The molecule has 0 radical (unpaired) electrons. The Hall–Kier alpha value is -3.15. The van der Waals surface area contributed by atoms with Gasteiger partial charge < -0.3 is 5.32 Å². The van der Waals surface area contributed by atoms with Gasteiger partial charge in [-0.1, -0.05) is 37.3 Å². The van der Waals surface area contributed by atoms with Crippen molar-refractivity contribution in [1.82, 2.24) is 9.97 Å². The number of halogens is 2. The Morgan fingerprint density at radius 3 is 2.68 bits per heavy atom. The van der Waals surface area contributed by atoms with Crippen molar-refractivity contribution in [3.63, 3.8) is 0 Å². The molecule has 0 atom stereocenters. The van der Waals surface area contributed by atoms with E-state index in [0.29, 0.717) is 23.5 Å². The Balaban J connectivity index is 1.60. The Morgan fingerprint density at radius 1 is 1.07 bits per heavy atom. The van der Waals surface area contributed by atoms with E-state index in [1.807, 2.05) is 25.1 Å². The fraction of sp³-hybridized carbons (Fsp3) is 0.227. The molecule has 28 heavy (non-hydrogen) atoms. The first-order chi connectivity index (χ1) is 13.5. The number of carbonyl (C=O) groups excluding carboxylic acids is 1. The van der Waals surface area contributed by atoms with E-state index in [1.54, 1.807) is 0 Å². The summed E-state index contributed by atoms with van der Waals surface area (Å²) in [5.41, 5.74) is 5.17. The van der Waals surface area contributed by atoms with Gasteiger partial charge in [-0.2, -0.15) is 0 Å². The van der Waals surface area contributed by atoms with Crippen molar-refractivity contribution in [3.8, 4) is 11.3 Å². The van der Waals surface area contributed by atoms with Crippen molar-refractivity contribution in [2.24, 2.45) is 0 Å². The summed E-state index contributed by atoms with van der Waals surface area (Å²) in [5.74, 6) is -1.80. The number of amides is 1. The van der Waals surface area contributed by atoms with Crippen LogP contribution in [0.2, 0.25) is 0 Å². The minimum absolute atomic E-state index is 0.0675. The lowest BCUT2D eigenvalue weighted by molar-refractivity contribution is -0.115. The number of rotatable bonds is 4. The second-order valence-electron chi connectivity index (χ2n) is 6.80. The molecule has 0 bridgehead atoms. The fourth-order valence-electron chi connectivity index (χ4n) is 3.48. The maximum absolute atomic E-state index is 13.4. The predicted octanol–water partition coefficient (Wildman–Crippen LogP) is 4.26. The standard InChI is InChI=1S/C22H19F2N3O/c1-2-18-22(27-20(28)12-13-7-9-16(23)17(24)11-13)26-19-10-8-14-5-3-4-6-15(14)21(19)25-18/h3-7,9,11H,2,8,10,12H2,1H3,(H,26,27,28). The van der Waals surface area contributed by atoms with Gasteiger partial charge in [-0.3, -0.25) is 4.79 Å². The largest absolute Gasteiger partial charge is 0.309 e. The van der Waals surface area contributed by atoms with Crippen LogP contribution in [0.3, 0.4) is 0 Å². The molecule has 0 saturated carbocycles. The number of fused-ring (bicyclic) bond motifs is 3. The minimum atomic E-state index is -0.966. The maximum atomic E-state index is 13.4. The topological polar surface area (TPSA) is 54.9 Å². The average Bonchev–Trinajstić information content (AvgIpc) is 2.70. The molecule has 0 unspecified atom stereocenters. The second-order valence-corrected chi connectivity index (χ2v) is 6.80. The summed E-state index contributed by atoms with van der Waals surface area (Å²) >= 11 is 0. The number of aryl methyl sites for hydroxylation is 3. The third kappa shape index (κ3) is 3.50. The molecule has 0 aliphatic heterocycles. The number of hydrogen-bond donors (Lipinski definition) is 1. The molecule has 4 nitrogen and oxygen atoms in total. The van der Waals surface area contributed by atoms with E-state index >= 15 is 0 Å². The maximum Gasteiger partial charge on any atom is 0.229 e. The van der Waals surface area contributed by atoms with Crippen molar-refractivity contribution in [3.05, 3.63) is 76.6 Å². The van der Waals surface area contributed by atoms with Crippen LogP contribution in [-0.4, -0.2) is 15.9 Å². The van der Waals surface area contributed by atoms with Crippen LogP contribution in [0.15, 0.2) is 42.5 Å². The highest BCUT2D eigenvalue weighted by Crippen LogP contribution is 2.32. The van der Waals surface area contributed by atoms with E-state index in [4.69, 9.17) is 4.98 Å². The van der Waals surface area contributed by atoms with Crippen LogP contribution in [0, 0.1) is 11.6 Å². The molecule has 0 fully saturated rings. The Bertz CT molecular complexity index is 1070. The van der Waals surface area contributed by atoms with Gasteiger partial charge in [-0.15, -0.1) is 0 Å². The molecule has 6 heteroatoms. The van der Waals surface area contributed by atoms with Crippen LogP contribution >= 0.6 is 0 Å². The highest BCUT2D eigenvalue weighted by Gasteiger charge is 2.21. The zero-order valence-electron chi connectivity index (χ0n) is 15.4. The Kier molecular flexibility index (Phi) is 4.86. The average molecular weight is 379 g/mol. The van der Waals surface area contributed by atoms with Gasteiger partial charge in [-0.05, 0) is 42.5 Å². The molecule has 4 rings (SSSR count). The highest BCUT2D eigenvalue weighted by molar-refractivity contribution is 5.92. The van der Waals surface area contributed by atoms with E-state index in [9.17, 15) is 13.6 Å². The molecule has 0 spiro atoms. The summed E-state index contributed by atoms with van der Waals surface area (Å²) in [6, 6.07) is 11.6. The van der Waals surface area contributed by atoms with Gasteiger partial charge in [0.15, 0.2) is 17.5 Å². The summed E-state index contributed by atoms with van der Waals surface area (Å²) in [5, 5.41) is 2.79. The fourth-order valence-corrected chi connectivity index (χ4v) is 3.48. The SMILES string of the molecule is CCc1nc2c(nc1NC(=O)Cc1ccc(F)c(F)c1)CCc1ccccc1-2. The van der Waals surface area contributed by atoms with E-state index in [0.717, 1.165) is 41.9 Å². The van der Waals surface area contributed by atoms with Gasteiger partial charge in [0.25, 0.3) is 0 Å². The number of anilines is 1. The van der Waals surface area contributed by atoms with E-state index in [-0.39, 0.29) is 12.3 Å². The van der Waals surface area contributed by atoms with Crippen LogP contribution in [0.4, 0.5) is 14.6 Å². The zero-order valence-corrected chi connectivity index (χ0v) is 15.4. The van der Waals surface area contributed by atoms with Crippen molar-refractivity contribution in [1.29, 1.82) is 0 Å². The van der Waals surface area contributed by atoms with Crippen LogP contribution < -0.4 is 5.32 Å². The number of nitrogens with zero attached hydrogens (tertiary/aromatic N) is 2. The number of benzene rings is 2. The van der Waals surface area contributed by atoms with Gasteiger partial charge >= 0.3 is 0 Å². The van der Waals surface area contributed by atoms with Crippen molar-refractivity contribution < 1.29 is 13.6 Å². The first-order valence-electron chi connectivity index (χ1n) is 9.27. The Labute approximate surface area is 161 Å². The summed E-state index contributed by atoms with van der Waals surface area (Å²) in [6.07, 6.45) is 2.19. The van der Waals surface area contributed by atoms with Gasteiger partial charge in [0.1, 0.15) is 0 Å². The molecule has 1 aromatic heterocycles. The van der Waals surface area contributed by atoms with Gasteiger partial charge in [0.05, 0.1) is 23.5 Å². The molecule has 1 N–H and O–H groups in total. The van der Waals surface area contributed by atoms with Crippen LogP contribution in [0.1, 0.15) is 29.4 Å². The molecule has 1 amide bonds. The molecular weight excluding hydrogens is 360 g/mol. The first-order valence-corrected chi connectivity index (χ1v) is 9.27. The summed E-state index contributed by atoms with van der Waals surface area (Å²) in [7, 11) is 0. The third-order valence-corrected chi connectivity index (χ3v) is 4.89. The molecule has 1 heterocycles. The molecule has 1 aliphatic carbocycles. The molecule has 2 aromatic carbocycles. The van der Waals surface area contributed by atoms with Crippen LogP contribution in [-0.2, 0) is 30.5 Å².